The summed E-state index contributed by atoms with van der Waals surface area (Å²) in [7, 11) is 1.56. The lowest BCUT2D eigenvalue weighted by molar-refractivity contribution is 0.142. The lowest BCUT2D eigenvalue weighted by Crippen LogP contribution is -2.38. The van der Waals surface area contributed by atoms with E-state index in [0.717, 1.165) is 13.0 Å². The quantitative estimate of drug-likeness (QED) is 0.900. The van der Waals surface area contributed by atoms with Crippen LogP contribution in [0.4, 0.5) is 4.39 Å². The van der Waals surface area contributed by atoms with Gasteiger partial charge < -0.3 is 10.1 Å². The molecule has 2 atom stereocenters. The molecule has 2 rings (SSSR count). The largest absolute Gasteiger partial charge is 0.496 e. The summed E-state index contributed by atoms with van der Waals surface area (Å²) in [4.78, 5) is 0. The third kappa shape index (κ3) is 3.61. The van der Waals surface area contributed by atoms with E-state index in [1.54, 1.807) is 32.2 Å². The highest BCUT2D eigenvalue weighted by Crippen LogP contribution is 2.39. The predicted molar refractivity (Wildman–Crippen MR) is 76.7 cm³/mol. The molecule has 0 radical (unpaired) electrons. The van der Waals surface area contributed by atoms with Crippen molar-refractivity contribution < 1.29 is 9.13 Å². The van der Waals surface area contributed by atoms with Crippen LogP contribution in [0.1, 0.15) is 38.2 Å². The third-order valence-electron chi connectivity index (χ3n) is 3.77. The minimum atomic E-state index is -1.44. The first-order chi connectivity index (χ1) is 9.03. The van der Waals surface area contributed by atoms with E-state index in [9.17, 15) is 0 Å². The first-order valence-corrected chi connectivity index (χ1v) is 7.17. The number of hydrogen-bond acceptors (Lipinski definition) is 2. The van der Waals surface area contributed by atoms with Gasteiger partial charge in [-0.05, 0) is 44.5 Å². The van der Waals surface area contributed by atoms with Crippen molar-refractivity contribution in [2.45, 2.75) is 44.3 Å². The summed E-state index contributed by atoms with van der Waals surface area (Å²) in [6.07, 6.45) is 3.83. The van der Waals surface area contributed by atoms with Crippen LogP contribution >= 0.6 is 11.6 Å². The van der Waals surface area contributed by atoms with Crippen LogP contribution in [-0.2, 0) is 5.67 Å². The van der Waals surface area contributed by atoms with Crippen LogP contribution in [0, 0.1) is 0 Å². The Labute approximate surface area is 119 Å². The highest BCUT2D eigenvalue weighted by atomic mass is 35.5. The normalized spacial score (nSPS) is 22.8. The molecule has 0 aliphatic carbocycles. The van der Waals surface area contributed by atoms with E-state index in [0.29, 0.717) is 22.8 Å². The van der Waals surface area contributed by atoms with Crippen LogP contribution in [0.2, 0.25) is 5.02 Å². The summed E-state index contributed by atoms with van der Waals surface area (Å²) in [5.41, 5.74) is -0.902. The second-order valence-electron chi connectivity index (χ2n) is 5.39. The van der Waals surface area contributed by atoms with E-state index in [2.05, 4.69) is 5.32 Å². The van der Waals surface area contributed by atoms with Crippen LogP contribution in [0.3, 0.4) is 0 Å². The smallest absolute Gasteiger partial charge is 0.138 e. The van der Waals surface area contributed by atoms with Crippen LogP contribution in [0.15, 0.2) is 18.2 Å². The molecule has 0 aromatic heterocycles. The molecule has 1 aliphatic heterocycles. The van der Waals surface area contributed by atoms with Gasteiger partial charge in [0.05, 0.1) is 7.11 Å². The lowest BCUT2D eigenvalue weighted by atomic mass is 9.87. The maximum atomic E-state index is 15.1. The van der Waals surface area contributed by atoms with Crippen molar-refractivity contribution in [3.63, 3.8) is 0 Å². The molecule has 1 aromatic carbocycles. The Hall–Kier alpha value is -0.800. The van der Waals surface area contributed by atoms with Gasteiger partial charge >= 0.3 is 0 Å². The molecule has 1 heterocycles. The fourth-order valence-electron chi connectivity index (χ4n) is 2.76. The zero-order chi connectivity index (χ0) is 13.9. The zero-order valence-corrected chi connectivity index (χ0v) is 12.3. The highest BCUT2D eigenvalue weighted by Gasteiger charge is 2.33. The maximum Gasteiger partial charge on any atom is 0.138 e. The van der Waals surface area contributed by atoms with Crippen LogP contribution in [-0.4, -0.2) is 19.7 Å². The summed E-state index contributed by atoms with van der Waals surface area (Å²) in [6.45, 7) is 2.59. The van der Waals surface area contributed by atoms with E-state index in [1.165, 1.54) is 12.8 Å². The second kappa shape index (κ2) is 6.10. The van der Waals surface area contributed by atoms with E-state index < -0.39 is 5.67 Å². The SMILES string of the molecule is COc1ccc(Cl)cc1C(C)(F)CC1CCCCN1. The molecule has 0 spiro atoms. The minimum absolute atomic E-state index is 0.229. The number of nitrogens with one attached hydrogen (secondary N) is 1. The Morgan fingerprint density at radius 1 is 1.47 bits per heavy atom. The third-order valence-corrected chi connectivity index (χ3v) is 4.00. The molecule has 1 N–H and O–H groups in total. The number of piperidine rings is 1. The standard InChI is InChI=1S/C15H21ClFNO/c1-15(17,10-12-5-3-4-8-18-12)13-9-11(16)6-7-14(13)19-2/h6-7,9,12,18H,3-5,8,10H2,1-2H3. The van der Waals surface area contributed by atoms with Crippen molar-refractivity contribution in [1.29, 1.82) is 0 Å². The molecular weight excluding hydrogens is 265 g/mol. The summed E-state index contributed by atoms with van der Waals surface area (Å²) in [6, 6.07) is 5.35. The Morgan fingerprint density at radius 3 is 2.89 bits per heavy atom. The molecule has 19 heavy (non-hydrogen) atoms. The van der Waals surface area contributed by atoms with Crippen molar-refractivity contribution >= 4 is 11.6 Å². The van der Waals surface area contributed by atoms with Gasteiger partial charge in [-0.1, -0.05) is 18.0 Å². The van der Waals surface area contributed by atoms with E-state index in [-0.39, 0.29) is 6.04 Å². The summed E-state index contributed by atoms with van der Waals surface area (Å²) >= 11 is 5.98. The molecule has 1 saturated heterocycles. The number of alkyl halides is 1. The van der Waals surface area contributed by atoms with Gasteiger partial charge in [0.25, 0.3) is 0 Å². The number of methoxy groups -OCH3 is 1. The number of benzene rings is 1. The van der Waals surface area contributed by atoms with Gasteiger partial charge in [-0.15, -0.1) is 0 Å². The number of ether oxygens (including phenoxy) is 1. The molecule has 0 bridgehead atoms. The van der Waals surface area contributed by atoms with Crippen LogP contribution < -0.4 is 10.1 Å². The number of hydrogen-bond donors (Lipinski definition) is 1. The van der Waals surface area contributed by atoms with Gasteiger partial charge in [0.1, 0.15) is 11.4 Å². The average molecular weight is 286 g/mol. The second-order valence-corrected chi connectivity index (χ2v) is 5.83. The molecule has 2 nitrogen and oxygen atoms in total. The Kier molecular flexibility index (Phi) is 4.69. The van der Waals surface area contributed by atoms with Crippen molar-refractivity contribution in [3.8, 4) is 5.75 Å². The summed E-state index contributed by atoms with van der Waals surface area (Å²) < 4.78 is 20.3. The van der Waals surface area contributed by atoms with Crippen LogP contribution in [0.25, 0.3) is 0 Å². The van der Waals surface area contributed by atoms with Crippen LogP contribution in [0.5, 0.6) is 5.75 Å². The number of halogens is 2. The maximum absolute atomic E-state index is 15.1. The zero-order valence-electron chi connectivity index (χ0n) is 11.5. The lowest BCUT2D eigenvalue weighted by Gasteiger charge is -2.31. The average Bonchev–Trinajstić information content (AvgIpc) is 2.39. The van der Waals surface area contributed by atoms with Crippen molar-refractivity contribution in [3.05, 3.63) is 28.8 Å². The van der Waals surface area contributed by atoms with Gasteiger partial charge in [-0.25, -0.2) is 4.39 Å². The Morgan fingerprint density at radius 2 is 2.26 bits per heavy atom. The molecular formula is C15H21ClFNO. The summed E-state index contributed by atoms with van der Waals surface area (Å²) in [5.74, 6) is 0.560. The van der Waals surface area contributed by atoms with Gasteiger partial charge in [0.15, 0.2) is 0 Å². The topological polar surface area (TPSA) is 21.3 Å². The minimum Gasteiger partial charge on any atom is -0.496 e. The summed E-state index contributed by atoms with van der Waals surface area (Å²) in [5, 5.41) is 3.92. The van der Waals surface area contributed by atoms with E-state index in [4.69, 9.17) is 16.3 Å². The first kappa shape index (κ1) is 14.6. The fraction of sp³-hybridized carbons (Fsp3) is 0.600. The molecule has 4 heteroatoms. The number of rotatable bonds is 4. The molecule has 1 aromatic rings. The first-order valence-electron chi connectivity index (χ1n) is 6.79. The molecule has 1 aliphatic rings. The molecule has 2 unspecified atom stereocenters. The van der Waals surface area contributed by atoms with Crippen molar-refractivity contribution in [2.75, 3.05) is 13.7 Å². The molecule has 106 valence electrons. The monoisotopic (exact) mass is 285 g/mol. The predicted octanol–water partition coefficient (Wildman–Crippen LogP) is 4.07. The van der Waals surface area contributed by atoms with Gasteiger partial charge in [0.2, 0.25) is 0 Å². The molecule has 0 amide bonds. The molecule has 1 fully saturated rings. The van der Waals surface area contributed by atoms with E-state index in [1.807, 2.05) is 0 Å². The van der Waals surface area contributed by atoms with E-state index >= 15 is 4.39 Å². The van der Waals surface area contributed by atoms with Gasteiger partial charge in [-0.3, -0.25) is 0 Å². The molecule has 0 saturated carbocycles. The van der Waals surface area contributed by atoms with Crippen molar-refractivity contribution in [2.24, 2.45) is 0 Å². The van der Waals surface area contributed by atoms with Gasteiger partial charge in [0, 0.05) is 23.0 Å². The fourth-order valence-corrected chi connectivity index (χ4v) is 2.93. The Balaban J connectivity index is 2.19. The Bertz CT molecular complexity index is 430. The van der Waals surface area contributed by atoms with Gasteiger partial charge in [-0.2, -0.15) is 0 Å². The van der Waals surface area contributed by atoms with Crippen molar-refractivity contribution in [1.82, 2.24) is 5.32 Å². The highest BCUT2D eigenvalue weighted by molar-refractivity contribution is 6.30.